The minimum atomic E-state index is -4.15. The van der Waals surface area contributed by atoms with Crippen molar-refractivity contribution in [1.82, 2.24) is 10.2 Å². The average Bonchev–Trinajstić information content (AvgIpc) is 2.92. The molecule has 41 heavy (non-hydrogen) atoms. The first-order valence-corrected chi connectivity index (χ1v) is 15.4. The van der Waals surface area contributed by atoms with Crippen LogP contribution in [0.15, 0.2) is 71.6 Å². The summed E-state index contributed by atoms with van der Waals surface area (Å²) >= 11 is 0. The van der Waals surface area contributed by atoms with Gasteiger partial charge >= 0.3 is 0 Å². The van der Waals surface area contributed by atoms with Crippen LogP contribution in [-0.4, -0.2) is 44.3 Å². The van der Waals surface area contributed by atoms with Gasteiger partial charge in [-0.15, -0.1) is 0 Å². The van der Waals surface area contributed by atoms with Gasteiger partial charge in [-0.3, -0.25) is 13.9 Å². The molecule has 220 valence electrons. The van der Waals surface area contributed by atoms with Gasteiger partial charge in [0.15, 0.2) is 0 Å². The number of rotatable bonds is 13. The lowest BCUT2D eigenvalue weighted by Crippen LogP contribution is -2.52. The molecule has 0 spiro atoms. The Morgan fingerprint density at radius 3 is 2.05 bits per heavy atom. The van der Waals surface area contributed by atoms with Gasteiger partial charge in [0.05, 0.1) is 10.6 Å². The second-order valence-corrected chi connectivity index (χ2v) is 12.2. The van der Waals surface area contributed by atoms with Crippen LogP contribution >= 0.6 is 0 Å². The lowest BCUT2D eigenvalue weighted by molar-refractivity contribution is -0.140. The number of halogens is 1. The second-order valence-electron chi connectivity index (χ2n) is 10.4. The molecule has 1 unspecified atom stereocenters. The maximum atomic E-state index is 14.1. The first kappa shape index (κ1) is 31.8. The number of aryl methyl sites for hydroxylation is 3. The van der Waals surface area contributed by atoms with Gasteiger partial charge in [0, 0.05) is 13.1 Å². The number of carbonyl (C=O) groups excluding carboxylic acids is 2. The SMILES string of the molecule is CCCCNC(=O)C(CC)N(Cc1ccc(F)cc1)C(=O)CN(c1cc(C)cc(C)c1)S(=O)(=O)c1ccc(C)cc1. The predicted octanol–water partition coefficient (Wildman–Crippen LogP) is 5.67. The van der Waals surface area contributed by atoms with E-state index < -0.39 is 34.3 Å². The number of carbonyl (C=O) groups is 2. The average molecular weight is 582 g/mol. The van der Waals surface area contributed by atoms with Crippen LogP contribution in [0, 0.1) is 26.6 Å². The Labute approximate surface area is 243 Å². The Bertz CT molecular complexity index is 1420. The summed E-state index contributed by atoms with van der Waals surface area (Å²) in [7, 11) is -4.15. The van der Waals surface area contributed by atoms with E-state index in [1.165, 1.54) is 29.2 Å². The van der Waals surface area contributed by atoms with Crippen LogP contribution in [0.1, 0.15) is 55.4 Å². The van der Waals surface area contributed by atoms with E-state index in [4.69, 9.17) is 0 Å². The van der Waals surface area contributed by atoms with E-state index in [0.29, 0.717) is 24.2 Å². The van der Waals surface area contributed by atoms with E-state index >= 15 is 0 Å². The molecule has 9 heteroatoms. The summed E-state index contributed by atoms with van der Waals surface area (Å²) in [6.45, 7) is 9.40. The van der Waals surface area contributed by atoms with Crippen molar-refractivity contribution in [2.45, 2.75) is 71.4 Å². The molecular formula is C32H40FN3O4S. The molecule has 0 radical (unpaired) electrons. The fraction of sp³-hybridized carbons (Fsp3) is 0.375. The monoisotopic (exact) mass is 581 g/mol. The van der Waals surface area contributed by atoms with E-state index in [-0.39, 0.29) is 17.3 Å². The largest absolute Gasteiger partial charge is 0.354 e. The maximum Gasteiger partial charge on any atom is 0.264 e. The zero-order valence-electron chi connectivity index (χ0n) is 24.5. The summed E-state index contributed by atoms with van der Waals surface area (Å²) in [5.41, 5.74) is 3.59. The molecule has 1 N–H and O–H groups in total. The van der Waals surface area contributed by atoms with Crippen molar-refractivity contribution in [3.63, 3.8) is 0 Å². The molecule has 1 atom stereocenters. The summed E-state index contributed by atoms with van der Waals surface area (Å²) in [6.07, 6.45) is 2.01. The Hall–Kier alpha value is -3.72. The molecular weight excluding hydrogens is 541 g/mol. The highest BCUT2D eigenvalue weighted by Gasteiger charge is 2.33. The number of amides is 2. The lowest BCUT2D eigenvalue weighted by atomic mass is 10.1. The van der Waals surface area contributed by atoms with Gasteiger partial charge in [0.2, 0.25) is 11.8 Å². The summed E-state index contributed by atoms with van der Waals surface area (Å²) in [6, 6.07) is 16.7. The van der Waals surface area contributed by atoms with Crippen molar-refractivity contribution in [1.29, 1.82) is 0 Å². The molecule has 7 nitrogen and oxygen atoms in total. The quantitative estimate of drug-likeness (QED) is 0.264. The number of benzene rings is 3. The first-order chi connectivity index (χ1) is 19.5. The predicted molar refractivity (Wildman–Crippen MR) is 161 cm³/mol. The van der Waals surface area contributed by atoms with E-state index in [9.17, 15) is 22.4 Å². The van der Waals surface area contributed by atoms with E-state index in [0.717, 1.165) is 33.8 Å². The fourth-order valence-corrected chi connectivity index (χ4v) is 6.07. The van der Waals surface area contributed by atoms with Crippen molar-refractivity contribution >= 4 is 27.5 Å². The first-order valence-electron chi connectivity index (χ1n) is 14.0. The van der Waals surface area contributed by atoms with Gasteiger partial charge in [-0.05, 0) is 86.7 Å². The highest BCUT2D eigenvalue weighted by Crippen LogP contribution is 2.27. The fourth-order valence-electron chi connectivity index (χ4n) is 4.67. The molecule has 0 fully saturated rings. The molecule has 3 aromatic rings. The number of anilines is 1. The third-order valence-electron chi connectivity index (χ3n) is 6.86. The van der Waals surface area contributed by atoms with Crippen molar-refractivity contribution in [2.75, 3.05) is 17.4 Å². The highest BCUT2D eigenvalue weighted by molar-refractivity contribution is 7.92. The second kappa shape index (κ2) is 14.3. The molecule has 0 aliphatic heterocycles. The smallest absolute Gasteiger partial charge is 0.264 e. The molecule has 2 amide bonds. The minimum absolute atomic E-state index is 0.0179. The molecule has 0 bridgehead atoms. The topological polar surface area (TPSA) is 86.8 Å². The van der Waals surface area contributed by atoms with Crippen LogP contribution in [-0.2, 0) is 26.2 Å². The lowest BCUT2D eigenvalue weighted by Gasteiger charge is -2.33. The molecule has 0 saturated heterocycles. The van der Waals surface area contributed by atoms with Crippen molar-refractivity contribution < 1.29 is 22.4 Å². The number of nitrogens with zero attached hydrogens (tertiary/aromatic N) is 2. The van der Waals surface area contributed by atoms with Crippen LogP contribution < -0.4 is 9.62 Å². The van der Waals surface area contributed by atoms with Crippen molar-refractivity contribution in [3.05, 3.63) is 94.8 Å². The number of sulfonamides is 1. The Kier molecular flexibility index (Phi) is 11.1. The Balaban J connectivity index is 2.06. The van der Waals surface area contributed by atoms with Gasteiger partial charge in [-0.2, -0.15) is 0 Å². The maximum absolute atomic E-state index is 14.1. The van der Waals surface area contributed by atoms with E-state index in [1.54, 1.807) is 43.3 Å². The van der Waals surface area contributed by atoms with Gasteiger partial charge in [-0.25, -0.2) is 12.8 Å². The van der Waals surface area contributed by atoms with Gasteiger partial charge in [0.25, 0.3) is 10.0 Å². The zero-order valence-corrected chi connectivity index (χ0v) is 25.3. The number of hydrogen-bond acceptors (Lipinski definition) is 4. The molecule has 0 aliphatic carbocycles. The summed E-state index contributed by atoms with van der Waals surface area (Å²) in [4.78, 5) is 28.8. The summed E-state index contributed by atoms with van der Waals surface area (Å²) < 4.78 is 42.7. The van der Waals surface area contributed by atoms with E-state index in [1.807, 2.05) is 33.8 Å². The molecule has 0 aliphatic rings. The molecule has 3 aromatic carbocycles. The van der Waals surface area contributed by atoms with Crippen LogP contribution in [0.5, 0.6) is 0 Å². The van der Waals surface area contributed by atoms with Crippen LogP contribution in [0.3, 0.4) is 0 Å². The van der Waals surface area contributed by atoms with Crippen molar-refractivity contribution in [3.8, 4) is 0 Å². The highest BCUT2D eigenvalue weighted by atomic mass is 32.2. The summed E-state index contributed by atoms with van der Waals surface area (Å²) in [5, 5.41) is 2.90. The minimum Gasteiger partial charge on any atom is -0.354 e. The zero-order chi connectivity index (χ0) is 30.2. The molecule has 0 saturated carbocycles. The van der Waals surface area contributed by atoms with E-state index in [2.05, 4.69) is 5.32 Å². The number of hydrogen-bond donors (Lipinski definition) is 1. The third-order valence-corrected chi connectivity index (χ3v) is 8.65. The standard InChI is InChI=1S/C32H40FN3O4S/c1-6-8-17-34-32(38)30(7-2)35(21-26-11-13-27(33)14-12-26)31(37)22-36(28-19-24(4)18-25(5)20-28)41(39,40)29-15-9-23(3)10-16-29/h9-16,18-20,30H,6-8,17,21-22H2,1-5H3,(H,34,38). The molecule has 3 rings (SSSR count). The molecule has 0 aromatic heterocycles. The Morgan fingerprint density at radius 1 is 0.878 bits per heavy atom. The third kappa shape index (κ3) is 8.39. The van der Waals surface area contributed by atoms with Gasteiger partial charge < -0.3 is 10.2 Å². The van der Waals surface area contributed by atoms with Gasteiger partial charge in [-0.1, -0.05) is 56.2 Å². The van der Waals surface area contributed by atoms with Crippen LogP contribution in [0.2, 0.25) is 0 Å². The summed E-state index contributed by atoms with van der Waals surface area (Å²) in [5.74, 6) is -1.27. The van der Waals surface area contributed by atoms with Crippen LogP contribution in [0.25, 0.3) is 0 Å². The normalized spacial score (nSPS) is 12.0. The Morgan fingerprint density at radius 2 is 1.49 bits per heavy atom. The number of nitrogens with one attached hydrogen (secondary N) is 1. The van der Waals surface area contributed by atoms with Crippen LogP contribution in [0.4, 0.5) is 10.1 Å². The van der Waals surface area contributed by atoms with Crippen molar-refractivity contribution in [2.24, 2.45) is 0 Å². The molecule has 0 heterocycles. The number of unbranched alkanes of at least 4 members (excludes halogenated alkanes) is 1. The van der Waals surface area contributed by atoms with Gasteiger partial charge in [0.1, 0.15) is 18.4 Å².